The van der Waals surface area contributed by atoms with E-state index in [1.165, 1.54) is 26.1 Å². The fourth-order valence-corrected chi connectivity index (χ4v) is 0.722. The zero-order valence-corrected chi connectivity index (χ0v) is 12.1. The highest BCUT2D eigenvalue weighted by atomic mass is 19.4. The van der Waals surface area contributed by atoms with Crippen molar-refractivity contribution in [1.82, 2.24) is 4.98 Å². The van der Waals surface area contributed by atoms with E-state index in [1.54, 1.807) is 12.1 Å². The lowest BCUT2D eigenvalue weighted by Crippen LogP contribution is -2.38. The summed E-state index contributed by atoms with van der Waals surface area (Å²) in [5.74, 6) is 0.0545. The number of aliphatic hydroxyl groups is 1. The molecular weight excluding hydrogens is 303 g/mol. The number of ether oxygens (including phenoxy) is 2. The molecule has 0 aromatic carbocycles. The van der Waals surface area contributed by atoms with E-state index in [9.17, 15) is 18.0 Å². The Morgan fingerprint density at radius 1 is 1.27 bits per heavy atom. The van der Waals surface area contributed by atoms with Gasteiger partial charge in [0.15, 0.2) is 5.60 Å². The molecular formula is C14H20F3NO4. The Hall–Kier alpha value is -1.83. The van der Waals surface area contributed by atoms with Gasteiger partial charge in [0.05, 0.1) is 0 Å². The molecule has 0 aliphatic rings. The van der Waals surface area contributed by atoms with Crippen LogP contribution < -0.4 is 4.74 Å². The van der Waals surface area contributed by atoms with Gasteiger partial charge in [0.1, 0.15) is 5.60 Å². The third-order valence-electron chi connectivity index (χ3n) is 1.72. The number of aromatic nitrogens is 1. The molecule has 1 N–H and O–H groups in total. The van der Waals surface area contributed by atoms with Gasteiger partial charge in [-0.1, -0.05) is 6.07 Å². The first-order chi connectivity index (χ1) is 12.2. The first-order valence-electron chi connectivity index (χ1n) is 8.83. The molecule has 1 rings (SSSR count). The van der Waals surface area contributed by atoms with Crippen molar-refractivity contribution in [3.05, 3.63) is 24.4 Å². The zero-order chi connectivity index (χ0) is 22.6. The van der Waals surface area contributed by atoms with Crippen LogP contribution in [-0.4, -0.2) is 33.6 Å². The normalized spacial score (nSPS) is 19.4. The first-order valence-corrected chi connectivity index (χ1v) is 5.83. The number of rotatable bonds is 1. The molecule has 5 nitrogen and oxygen atoms in total. The van der Waals surface area contributed by atoms with Gasteiger partial charge in [-0.2, -0.15) is 13.2 Å². The van der Waals surface area contributed by atoms with Crippen LogP contribution in [0, 0.1) is 0 Å². The molecule has 0 amide bonds. The summed E-state index contributed by atoms with van der Waals surface area (Å²) < 4.78 is 85.3. The maximum Gasteiger partial charge on any atom is 0.515 e. The molecule has 0 bridgehead atoms. The SMILES string of the molecule is [2H]C([2H])([2H])C(C)(C)OC(=O)Oc1ccccn1.[2H]C([2H])([2H])C(C)(O)C(F)(F)F. The Morgan fingerprint density at radius 3 is 2.27 bits per heavy atom. The summed E-state index contributed by atoms with van der Waals surface area (Å²) in [6.07, 6.45) is -4.78. The quantitative estimate of drug-likeness (QED) is 0.795. The van der Waals surface area contributed by atoms with Gasteiger partial charge < -0.3 is 14.6 Å². The Bertz CT molecular complexity index is 629. The van der Waals surface area contributed by atoms with E-state index in [4.69, 9.17) is 22.8 Å². The molecule has 0 radical (unpaired) electrons. The summed E-state index contributed by atoms with van der Waals surface area (Å²) in [4.78, 5) is 15.1. The van der Waals surface area contributed by atoms with Crippen LogP contribution in [0.15, 0.2) is 24.4 Å². The highest BCUT2D eigenvalue weighted by molar-refractivity contribution is 5.63. The summed E-state index contributed by atoms with van der Waals surface area (Å²) in [5.41, 5.74) is -5.24. The number of carbonyl (C=O) groups is 1. The topological polar surface area (TPSA) is 68.7 Å². The lowest BCUT2D eigenvalue weighted by Gasteiger charge is -2.20. The minimum atomic E-state index is -5.13. The van der Waals surface area contributed by atoms with Gasteiger partial charge in [-0.15, -0.1) is 0 Å². The van der Waals surface area contributed by atoms with E-state index in [0.717, 1.165) is 0 Å². The van der Waals surface area contributed by atoms with E-state index in [2.05, 4.69) is 4.98 Å². The van der Waals surface area contributed by atoms with E-state index < -0.39 is 37.2 Å². The summed E-state index contributed by atoms with van der Waals surface area (Å²) in [5, 5.41) is 8.50. The average molecular weight is 329 g/mol. The Kier molecular flexibility index (Phi) is 3.96. The minimum Gasteiger partial charge on any atom is -0.428 e. The largest absolute Gasteiger partial charge is 0.515 e. The Morgan fingerprint density at radius 2 is 1.91 bits per heavy atom. The number of carbonyl (C=O) groups excluding carboxylic acids is 1. The van der Waals surface area contributed by atoms with Crippen LogP contribution in [0.5, 0.6) is 5.88 Å². The van der Waals surface area contributed by atoms with Crippen LogP contribution in [0.1, 0.15) is 42.7 Å². The Labute approximate surface area is 135 Å². The molecule has 0 aliphatic carbocycles. The molecule has 0 saturated heterocycles. The number of hydrogen-bond donors (Lipinski definition) is 1. The smallest absolute Gasteiger partial charge is 0.428 e. The molecule has 1 atom stereocenters. The lowest BCUT2D eigenvalue weighted by molar-refractivity contribution is -0.245. The van der Waals surface area contributed by atoms with Crippen molar-refractivity contribution in [2.45, 2.75) is 51.9 Å². The lowest BCUT2D eigenvalue weighted by atomic mass is 10.1. The second-order valence-electron chi connectivity index (χ2n) is 4.70. The first kappa shape index (κ1) is 11.7. The molecule has 126 valence electrons. The van der Waals surface area contributed by atoms with Crippen LogP contribution >= 0.6 is 0 Å². The maximum atomic E-state index is 11.7. The van der Waals surface area contributed by atoms with Crippen molar-refractivity contribution in [3.8, 4) is 5.88 Å². The van der Waals surface area contributed by atoms with Gasteiger partial charge in [0.2, 0.25) is 5.88 Å². The van der Waals surface area contributed by atoms with Gasteiger partial charge in [-0.3, -0.25) is 0 Å². The van der Waals surface area contributed by atoms with Crippen LogP contribution in [0.2, 0.25) is 0 Å². The van der Waals surface area contributed by atoms with Crippen molar-refractivity contribution < 1.29 is 40.8 Å². The third kappa shape index (κ3) is 9.17. The Balaban J connectivity index is 0.000000576. The van der Waals surface area contributed by atoms with Crippen molar-refractivity contribution >= 4 is 6.16 Å². The molecule has 1 aromatic rings. The van der Waals surface area contributed by atoms with Gasteiger partial charge in [-0.25, -0.2) is 9.78 Å². The number of alkyl halides is 3. The van der Waals surface area contributed by atoms with E-state index in [1.807, 2.05) is 0 Å². The molecule has 0 aliphatic heterocycles. The van der Waals surface area contributed by atoms with E-state index in [-0.39, 0.29) is 12.8 Å². The number of nitrogens with zero attached hydrogens (tertiary/aromatic N) is 1. The fraction of sp³-hybridized carbons (Fsp3) is 0.571. The number of halogens is 3. The van der Waals surface area contributed by atoms with Crippen LogP contribution in [0.4, 0.5) is 18.0 Å². The van der Waals surface area contributed by atoms with E-state index in [0.29, 0.717) is 0 Å². The molecule has 22 heavy (non-hydrogen) atoms. The molecule has 0 fully saturated rings. The summed E-state index contributed by atoms with van der Waals surface area (Å²) >= 11 is 0. The predicted octanol–water partition coefficient (Wildman–Crippen LogP) is 3.72. The fourth-order valence-electron chi connectivity index (χ4n) is 0.722. The highest BCUT2D eigenvalue weighted by Gasteiger charge is 2.45. The predicted molar refractivity (Wildman–Crippen MR) is 73.5 cm³/mol. The van der Waals surface area contributed by atoms with Crippen molar-refractivity contribution in [2.75, 3.05) is 0 Å². The van der Waals surface area contributed by atoms with Gasteiger partial charge >= 0.3 is 12.3 Å². The van der Waals surface area contributed by atoms with E-state index >= 15 is 0 Å². The summed E-state index contributed by atoms with van der Waals surface area (Å²) in [7, 11) is 0. The summed E-state index contributed by atoms with van der Waals surface area (Å²) in [6, 6.07) is 4.75. The van der Waals surface area contributed by atoms with Crippen molar-refractivity contribution in [2.24, 2.45) is 0 Å². The monoisotopic (exact) mass is 329 g/mol. The summed E-state index contributed by atoms with van der Waals surface area (Å²) in [6.45, 7) is -3.05. The highest BCUT2D eigenvalue weighted by Crippen LogP contribution is 2.28. The van der Waals surface area contributed by atoms with Crippen molar-refractivity contribution in [3.63, 3.8) is 0 Å². The zero-order valence-electron chi connectivity index (χ0n) is 18.1. The molecule has 0 spiro atoms. The number of hydrogen-bond acceptors (Lipinski definition) is 5. The van der Waals surface area contributed by atoms with Gasteiger partial charge in [-0.05, 0) is 40.5 Å². The molecule has 1 aromatic heterocycles. The average Bonchev–Trinajstić information content (AvgIpc) is 2.44. The minimum absolute atomic E-state index is 0.0545. The maximum absolute atomic E-state index is 11.7. The third-order valence-corrected chi connectivity index (χ3v) is 1.72. The van der Waals surface area contributed by atoms with Gasteiger partial charge in [0, 0.05) is 20.5 Å². The molecule has 8 heteroatoms. The second-order valence-corrected chi connectivity index (χ2v) is 4.70. The number of pyridine rings is 1. The second kappa shape index (κ2) is 7.44. The van der Waals surface area contributed by atoms with Crippen molar-refractivity contribution in [1.29, 1.82) is 0 Å². The molecule has 1 unspecified atom stereocenters. The standard InChI is InChI=1S/C10H13NO3.C4H7F3O/c1-10(2,3)14-9(12)13-8-6-4-5-7-11-8;1-3(2,8)4(5,6)7/h4-7H,1-3H3;8H,1-2H3/i2*1D3. The molecule has 0 saturated carbocycles. The van der Waals surface area contributed by atoms with Crippen LogP contribution in [0.25, 0.3) is 0 Å². The van der Waals surface area contributed by atoms with Crippen LogP contribution in [-0.2, 0) is 4.74 Å². The molecule has 1 heterocycles. The van der Waals surface area contributed by atoms with Gasteiger partial charge in [0.25, 0.3) is 0 Å². The van der Waals surface area contributed by atoms with Crippen LogP contribution in [0.3, 0.4) is 0 Å².